The molecule has 2 aromatic rings. The van der Waals surface area contributed by atoms with Gasteiger partial charge in [0, 0.05) is 9.75 Å². The molecule has 0 radical (unpaired) electrons. The van der Waals surface area contributed by atoms with Crippen LogP contribution in [0.5, 0.6) is 5.75 Å². The van der Waals surface area contributed by atoms with Crippen molar-refractivity contribution in [3.63, 3.8) is 0 Å². The molecular weight excluding hydrogens is 424 g/mol. The number of ether oxygens (including phenoxy) is 2. The molecule has 1 heterocycles. The lowest BCUT2D eigenvalue weighted by Gasteiger charge is -2.26. The van der Waals surface area contributed by atoms with Crippen molar-refractivity contribution in [2.45, 2.75) is 79.4 Å². The highest BCUT2D eigenvalue weighted by molar-refractivity contribution is 7.12. The van der Waals surface area contributed by atoms with Crippen LogP contribution in [0.1, 0.15) is 72.9 Å². The van der Waals surface area contributed by atoms with Gasteiger partial charge in [-0.1, -0.05) is 39.8 Å². The molecule has 0 amide bonds. The Morgan fingerprint density at radius 3 is 2.47 bits per heavy atom. The third-order valence-corrected chi connectivity index (χ3v) is 7.18. The van der Waals surface area contributed by atoms with E-state index in [0.29, 0.717) is 12.5 Å². The molecule has 2 atom stereocenters. The molecule has 0 bridgehead atoms. The summed E-state index contributed by atoms with van der Waals surface area (Å²) in [5, 5.41) is 19.0. The molecule has 2 unspecified atom stereocenters. The number of hydrogen-bond donors (Lipinski definition) is 2. The Balaban J connectivity index is 1.95. The lowest BCUT2D eigenvalue weighted by Crippen LogP contribution is -2.32. The Bertz CT molecular complexity index is 881. The summed E-state index contributed by atoms with van der Waals surface area (Å²) in [5.41, 5.74) is 3.33. The normalized spacial score (nSPS) is 13.7. The van der Waals surface area contributed by atoms with Crippen LogP contribution in [0.15, 0.2) is 24.3 Å². The van der Waals surface area contributed by atoms with E-state index < -0.39 is 12.1 Å². The molecule has 0 aliphatic rings. The number of aliphatic hydroxyl groups is 1. The highest BCUT2D eigenvalue weighted by Gasteiger charge is 2.23. The molecular formula is C26H38O5S. The second-order valence-electron chi connectivity index (χ2n) is 9.58. The zero-order valence-electron chi connectivity index (χ0n) is 20.2. The molecule has 2 N–H and O–H groups in total. The zero-order chi connectivity index (χ0) is 23.9. The summed E-state index contributed by atoms with van der Waals surface area (Å²) in [4.78, 5) is 13.1. The first-order valence-electron chi connectivity index (χ1n) is 11.3. The number of rotatable bonds is 12. The van der Waals surface area contributed by atoms with E-state index in [1.807, 2.05) is 33.8 Å². The first-order valence-corrected chi connectivity index (χ1v) is 12.1. The Kier molecular flexibility index (Phi) is 9.74. The number of hydrogen-bond acceptors (Lipinski definition) is 5. The van der Waals surface area contributed by atoms with E-state index in [4.69, 9.17) is 14.6 Å². The molecule has 0 spiro atoms. The Hall–Kier alpha value is -1.89. The molecule has 32 heavy (non-hydrogen) atoms. The standard InChI is InChI=1S/C26H38O5S/c1-7-20(22-13-18(3)23(32-22)14-30-16-25(28)29)10-8-19-9-11-21(17(2)12-19)31-15-24(27)26(4,5)6/h9,11-13,20,24,27H,7-8,10,14-16H2,1-6H3,(H,28,29). The number of thiophene rings is 1. The molecule has 1 aromatic carbocycles. The van der Waals surface area contributed by atoms with Crippen LogP contribution < -0.4 is 4.74 Å². The van der Waals surface area contributed by atoms with Crippen molar-refractivity contribution in [3.05, 3.63) is 50.7 Å². The topological polar surface area (TPSA) is 76.0 Å². The first kappa shape index (κ1) is 26.4. The second kappa shape index (κ2) is 11.8. The minimum atomic E-state index is -0.942. The lowest BCUT2D eigenvalue weighted by molar-refractivity contribution is -0.142. The number of carbonyl (C=O) groups is 1. The molecule has 6 heteroatoms. The van der Waals surface area contributed by atoms with Crippen molar-refractivity contribution >= 4 is 17.3 Å². The molecule has 0 saturated heterocycles. The Labute approximate surface area is 196 Å². The quantitative estimate of drug-likeness (QED) is 0.412. The smallest absolute Gasteiger partial charge is 0.329 e. The van der Waals surface area contributed by atoms with E-state index in [1.54, 1.807) is 11.3 Å². The summed E-state index contributed by atoms with van der Waals surface area (Å²) in [7, 11) is 0. The number of aliphatic hydroxyl groups excluding tert-OH is 1. The predicted octanol–water partition coefficient (Wildman–Crippen LogP) is 5.88. The van der Waals surface area contributed by atoms with E-state index in [2.05, 4.69) is 32.0 Å². The fraction of sp³-hybridized carbons (Fsp3) is 0.577. The maximum absolute atomic E-state index is 10.7. The molecule has 0 aliphatic carbocycles. The summed E-state index contributed by atoms with van der Waals surface area (Å²) in [5.74, 6) is 0.344. The maximum atomic E-state index is 10.7. The Morgan fingerprint density at radius 2 is 1.88 bits per heavy atom. The van der Waals surface area contributed by atoms with Gasteiger partial charge in [-0.05, 0) is 73.3 Å². The van der Waals surface area contributed by atoms with Gasteiger partial charge in [0.1, 0.15) is 19.0 Å². The van der Waals surface area contributed by atoms with Gasteiger partial charge >= 0.3 is 5.97 Å². The summed E-state index contributed by atoms with van der Waals surface area (Å²) in [6.07, 6.45) is 2.57. The molecule has 0 fully saturated rings. The van der Waals surface area contributed by atoms with Gasteiger partial charge < -0.3 is 19.7 Å². The fourth-order valence-electron chi connectivity index (χ4n) is 3.46. The van der Waals surface area contributed by atoms with E-state index in [9.17, 15) is 9.90 Å². The van der Waals surface area contributed by atoms with Gasteiger partial charge in [-0.3, -0.25) is 0 Å². The van der Waals surface area contributed by atoms with Crippen LogP contribution in [0.2, 0.25) is 0 Å². The third kappa shape index (κ3) is 7.91. The monoisotopic (exact) mass is 462 g/mol. The first-order chi connectivity index (χ1) is 15.0. The number of aryl methyl sites for hydroxylation is 3. The lowest BCUT2D eigenvalue weighted by atomic mass is 9.90. The minimum Gasteiger partial charge on any atom is -0.491 e. The molecule has 0 saturated carbocycles. The van der Waals surface area contributed by atoms with Gasteiger partial charge in [0.05, 0.1) is 12.7 Å². The number of carboxylic acid groups (broad SMARTS) is 1. The van der Waals surface area contributed by atoms with Crippen molar-refractivity contribution in [1.29, 1.82) is 0 Å². The van der Waals surface area contributed by atoms with Gasteiger partial charge in [-0.2, -0.15) is 0 Å². The van der Waals surface area contributed by atoms with Gasteiger partial charge in [-0.15, -0.1) is 11.3 Å². The highest BCUT2D eigenvalue weighted by Crippen LogP contribution is 2.34. The van der Waals surface area contributed by atoms with Crippen molar-refractivity contribution in [3.8, 4) is 5.75 Å². The van der Waals surface area contributed by atoms with Crippen LogP contribution in [0, 0.1) is 19.3 Å². The molecule has 1 aromatic heterocycles. The van der Waals surface area contributed by atoms with Crippen LogP contribution in [0.4, 0.5) is 0 Å². The van der Waals surface area contributed by atoms with Crippen LogP contribution in [-0.2, 0) is 22.6 Å². The van der Waals surface area contributed by atoms with Crippen molar-refractivity contribution < 1.29 is 24.5 Å². The number of aliphatic carboxylic acids is 1. The van der Waals surface area contributed by atoms with Crippen LogP contribution >= 0.6 is 11.3 Å². The fourth-order valence-corrected chi connectivity index (χ4v) is 4.79. The summed E-state index contributed by atoms with van der Waals surface area (Å²) in [6.45, 7) is 12.7. The zero-order valence-corrected chi connectivity index (χ0v) is 21.1. The van der Waals surface area contributed by atoms with E-state index in [1.165, 1.54) is 16.0 Å². The minimum absolute atomic E-state index is 0.203. The van der Waals surface area contributed by atoms with Crippen molar-refractivity contribution in [2.75, 3.05) is 13.2 Å². The van der Waals surface area contributed by atoms with Crippen LogP contribution in [0.25, 0.3) is 0 Å². The SMILES string of the molecule is CCC(CCc1ccc(OCC(O)C(C)(C)C)c(C)c1)c1cc(C)c(COCC(=O)O)s1. The van der Waals surface area contributed by atoms with Crippen molar-refractivity contribution in [1.82, 2.24) is 0 Å². The van der Waals surface area contributed by atoms with Crippen molar-refractivity contribution in [2.24, 2.45) is 5.41 Å². The maximum Gasteiger partial charge on any atom is 0.329 e. The van der Waals surface area contributed by atoms with Gasteiger partial charge in [0.2, 0.25) is 0 Å². The summed E-state index contributed by atoms with van der Waals surface area (Å²) in [6, 6.07) is 8.52. The summed E-state index contributed by atoms with van der Waals surface area (Å²) >= 11 is 1.73. The Morgan fingerprint density at radius 1 is 1.16 bits per heavy atom. The van der Waals surface area contributed by atoms with E-state index in [0.717, 1.165) is 35.5 Å². The largest absolute Gasteiger partial charge is 0.491 e. The molecule has 5 nitrogen and oxygen atoms in total. The predicted molar refractivity (Wildman–Crippen MR) is 130 cm³/mol. The number of carboxylic acids is 1. The average Bonchev–Trinajstić information content (AvgIpc) is 3.07. The third-order valence-electron chi connectivity index (χ3n) is 5.81. The van der Waals surface area contributed by atoms with Crippen LogP contribution in [-0.4, -0.2) is 35.5 Å². The van der Waals surface area contributed by atoms with Gasteiger partial charge in [0.15, 0.2) is 0 Å². The molecule has 178 valence electrons. The van der Waals surface area contributed by atoms with Crippen LogP contribution in [0.3, 0.4) is 0 Å². The molecule has 2 rings (SSSR count). The number of benzene rings is 1. The van der Waals surface area contributed by atoms with E-state index in [-0.39, 0.29) is 18.6 Å². The average molecular weight is 463 g/mol. The highest BCUT2D eigenvalue weighted by atomic mass is 32.1. The van der Waals surface area contributed by atoms with Gasteiger partial charge in [0.25, 0.3) is 0 Å². The summed E-state index contributed by atoms with van der Waals surface area (Å²) < 4.78 is 11.1. The second-order valence-corrected chi connectivity index (χ2v) is 10.7. The van der Waals surface area contributed by atoms with Gasteiger partial charge in [-0.25, -0.2) is 4.79 Å². The molecule has 0 aliphatic heterocycles. The van der Waals surface area contributed by atoms with E-state index >= 15 is 0 Å².